The maximum Gasteiger partial charge on any atom is 0.230 e. The fourth-order valence-corrected chi connectivity index (χ4v) is 2.12. The maximum atomic E-state index is 8.86. The van der Waals surface area contributed by atoms with E-state index >= 15 is 0 Å². The van der Waals surface area contributed by atoms with Crippen LogP contribution < -0.4 is 0 Å². The number of benzene rings is 1. The molecule has 0 spiro atoms. The van der Waals surface area contributed by atoms with Crippen molar-refractivity contribution >= 4 is 0 Å². The van der Waals surface area contributed by atoms with E-state index < -0.39 is 0 Å². The van der Waals surface area contributed by atoms with Crippen LogP contribution in [-0.4, -0.2) is 21.9 Å². The molecular formula is C14H16N2O2. The van der Waals surface area contributed by atoms with Crippen LogP contribution in [0.1, 0.15) is 36.6 Å². The van der Waals surface area contributed by atoms with Crippen LogP contribution in [0.25, 0.3) is 11.4 Å². The largest absolute Gasteiger partial charge is 0.396 e. The molecule has 4 heteroatoms. The van der Waals surface area contributed by atoms with Gasteiger partial charge in [-0.1, -0.05) is 35.8 Å². The van der Waals surface area contributed by atoms with Crippen molar-refractivity contribution in [2.45, 2.75) is 31.6 Å². The summed E-state index contributed by atoms with van der Waals surface area (Å²) in [6, 6.07) is 7.93. The van der Waals surface area contributed by atoms with Crippen LogP contribution in [0.2, 0.25) is 0 Å². The molecule has 1 fully saturated rings. The molecular weight excluding hydrogens is 228 g/mol. The lowest BCUT2D eigenvalue weighted by molar-refractivity contribution is 0.292. The Labute approximate surface area is 106 Å². The number of rotatable bonds is 4. The highest BCUT2D eigenvalue weighted by molar-refractivity contribution is 5.54. The predicted molar refractivity (Wildman–Crippen MR) is 67.1 cm³/mol. The molecule has 1 N–H and O–H groups in total. The summed E-state index contributed by atoms with van der Waals surface area (Å²) in [5.74, 6) is 1.91. The third-order valence-corrected chi connectivity index (χ3v) is 3.51. The van der Waals surface area contributed by atoms with Crippen LogP contribution in [0.3, 0.4) is 0 Å². The molecule has 0 radical (unpaired) electrons. The monoisotopic (exact) mass is 244 g/mol. The van der Waals surface area contributed by atoms with E-state index in [2.05, 4.69) is 10.1 Å². The Bertz CT molecular complexity index is 515. The summed E-state index contributed by atoms with van der Waals surface area (Å²) in [4.78, 5) is 4.45. The van der Waals surface area contributed by atoms with Gasteiger partial charge in [0.2, 0.25) is 11.7 Å². The van der Waals surface area contributed by atoms with Gasteiger partial charge in [-0.2, -0.15) is 4.98 Å². The van der Waals surface area contributed by atoms with Crippen LogP contribution in [0.15, 0.2) is 28.8 Å². The van der Waals surface area contributed by atoms with Gasteiger partial charge in [-0.15, -0.1) is 0 Å². The highest BCUT2D eigenvalue weighted by Crippen LogP contribution is 2.35. The number of aromatic nitrogens is 2. The lowest BCUT2D eigenvalue weighted by Gasteiger charge is -2.20. The molecule has 0 bridgehead atoms. The van der Waals surface area contributed by atoms with E-state index in [1.807, 2.05) is 24.3 Å². The molecule has 1 aromatic carbocycles. The van der Waals surface area contributed by atoms with Gasteiger partial charge in [0.05, 0.1) is 0 Å². The zero-order valence-corrected chi connectivity index (χ0v) is 10.2. The molecule has 0 atom stereocenters. The van der Waals surface area contributed by atoms with Crippen molar-refractivity contribution in [2.24, 2.45) is 0 Å². The Morgan fingerprint density at radius 1 is 1.22 bits per heavy atom. The smallest absolute Gasteiger partial charge is 0.230 e. The Morgan fingerprint density at radius 2 is 2.00 bits per heavy atom. The normalized spacial score (nSPS) is 15.6. The molecule has 0 amide bonds. The molecule has 2 aromatic rings. The number of hydrogen-bond acceptors (Lipinski definition) is 4. The van der Waals surface area contributed by atoms with E-state index in [1.165, 1.54) is 6.42 Å². The average molecular weight is 244 g/mol. The molecule has 1 aliphatic rings. The Hall–Kier alpha value is -1.68. The van der Waals surface area contributed by atoms with Crippen molar-refractivity contribution < 1.29 is 9.63 Å². The summed E-state index contributed by atoms with van der Waals surface area (Å²) in [5, 5.41) is 12.9. The van der Waals surface area contributed by atoms with Gasteiger partial charge in [-0.25, -0.2) is 0 Å². The first-order valence-electron chi connectivity index (χ1n) is 6.40. The third-order valence-electron chi connectivity index (χ3n) is 3.51. The molecule has 3 rings (SSSR count). The summed E-state index contributed by atoms with van der Waals surface area (Å²) in [6.07, 6.45) is 4.27. The van der Waals surface area contributed by atoms with Gasteiger partial charge in [0.25, 0.3) is 0 Å². The maximum absolute atomic E-state index is 8.86. The zero-order chi connectivity index (χ0) is 12.4. The molecule has 1 saturated carbocycles. The molecule has 1 aromatic heterocycles. The van der Waals surface area contributed by atoms with Crippen molar-refractivity contribution in [1.82, 2.24) is 10.1 Å². The summed E-state index contributed by atoms with van der Waals surface area (Å²) < 4.78 is 5.30. The van der Waals surface area contributed by atoms with E-state index in [0.717, 1.165) is 29.9 Å². The number of aliphatic hydroxyl groups is 1. The first-order valence-corrected chi connectivity index (χ1v) is 6.40. The summed E-state index contributed by atoms with van der Waals surface area (Å²) in [5.41, 5.74) is 2.08. The predicted octanol–water partition coefficient (Wildman–Crippen LogP) is 2.54. The minimum absolute atomic E-state index is 0.174. The number of nitrogens with zero attached hydrogens (tertiary/aromatic N) is 2. The molecule has 0 aliphatic heterocycles. The summed E-state index contributed by atoms with van der Waals surface area (Å²) in [6.45, 7) is 0.174. The van der Waals surface area contributed by atoms with Gasteiger partial charge in [0.15, 0.2) is 0 Å². The molecule has 1 heterocycles. The average Bonchev–Trinajstić information content (AvgIpc) is 2.77. The molecule has 0 saturated heterocycles. The van der Waals surface area contributed by atoms with Gasteiger partial charge in [0.1, 0.15) is 0 Å². The Morgan fingerprint density at radius 3 is 2.61 bits per heavy atom. The molecule has 0 unspecified atom stereocenters. The van der Waals surface area contributed by atoms with E-state index in [0.29, 0.717) is 18.2 Å². The van der Waals surface area contributed by atoms with E-state index in [9.17, 15) is 0 Å². The molecule has 4 nitrogen and oxygen atoms in total. The topological polar surface area (TPSA) is 59.2 Å². The number of aliphatic hydroxyl groups excluding tert-OH is 1. The second kappa shape index (κ2) is 4.90. The van der Waals surface area contributed by atoms with Crippen molar-refractivity contribution in [2.75, 3.05) is 6.61 Å². The highest BCUT2D eigenvalue weighted by atomic mass is 16.5. The minimum atomic E-state index is 0.174. The van der Waals surface area contributed by atoms with Crippen molar-refractivity contribution in [1.29, 1.82) is 0 Å². The quantitative estimate of drug-likeness (QED) is 0.897. The van der Waals surface area contributed by atoms with E-state index in [-0.39, 0.29) is 6.61 Å². The molecule has 1 aliphatic carbocycles. The Balaban J connectivity index is 1.78. The second-order valence-electron chi connectivity index (χ2n) is 4.75. The third kappa shape index (κ3) is 2.16. The fourth-order valence-electron chi connectivity index (χ4n) is 2.12. The molecule has 18 heavy (non-hydrogen) atoms. The van der Waals surface area contributed by atoms with Crippen molar-refractivity contribution in [3.05, 3.63) is 35.7 Å². The van der Waals surface area contributed by atoms with Gasteiger partial charge >= 0.3 is 0 Å². The number of hydrogen-bond donors (Lipinski definition) is 1. The van der Waals surface area contributed by atoms with Gasteiger partial charge < -0.3 is 9.63 Å². The fraction of sp³-hybridized carbons (Fsp3) is 0.429. The van der Waals surface area contributed by atoms with Crippen LogP contribution in [-0.2, 0) is 6.42 Å². The van der Waals surface area contributed by atoms with E-state index in [4.69, 9.17) is 9.63 Å². The lowest BCUT2D eigenvalue weighted by Crippen LogP contribution is -2.08. The van der Waals surface area contributed by atoms with Crippen LogP contribution in [0, 0.1) is 0 Å². The summed E-state index contributed by atoms with van der Waals surface area (Å²) in [7, 11) is 0. The SMILES string of the molecule is OCCc1ccc(-c2noc(C3CCC3)n2)cc1. The van der Waals surface area contributed by atoms with Gasteiger partial charge in [-0.05, 0) is 24.8 Å². The second-order valence-corrected chi connectivity index (χ2v) is 4.75. The minimum Gasteiger partial charge on any atom is -0.396 e. The first kappa shape index (κ1) is 11.4. The summed E-state index contributed by atoms with van der Waals surface area (Å²) >= 11 is 0. The first-order chi connectivity index (χ1) is 8.86. The molecule has 94 valence electrons. The van der Waals surface area contributed by atoms with Crippen molar-refractivity contribution in [3.63, 3.8) is 0 Å². The lowest BCUT2D eigenvalue weighted by atomic mass is 9.85. The highest BCUT2D eigenvalue weighted by Gasteiger charge is 2.25. The van der Waals surface area contributed by atoms with E-state index in [1.54, 1.807) is 0 Å². The Kier molecular flexibility index (Phi) is 3.11. The van der Waals surface area contributed by atoms with Gasteiger partial charge in [0, 0.05) is 18.1 Å². The zero-order valence-electron chi connectivity index (χ0n) is 10.2. The standard InChI is InChI=1S/C14H16N2O2/c17-9-8-10-4-6-11(7-5-10)13-15-14(18-16-13)12-2-1-3-12/h4-7,12,17H,1-3,8-9H2. The van der Waals surface area contributed by atoms with Crippen LogP contribution in [0.4, 0.5) is 0 Å². The van der Waals surface area contributed by atoms with Crippen LogP contribution >= 0.6 is 0 Å². The van der Waals surface area contributed by atoms with Gasteiger partial charge in [-0.3, -0.25) is 0 Å². The van der Waals surface area contributed by atoms with Crippen molar-refractivity contribution in [3.8, 4) is 11.4 Å². The van der Waals surface area contributed by atoms with Crippen LogP contribution in [0.5, 0.6) is 0 Å².